The third kappa shape index (κ3) is 2.66. The summed E-state index contributed by atoms with van der Waals surface area (Å²) >= 11 is 0. The molecule has 1 rings (SSSR count). The lowest BCUT2D eigenvalue weighted by molar-refractivity contribution is 0.0599. The van der Waals surface area contributed by atoms with Crippen molar-refractivity contribution in [3.63, 3.8) is 0 Å². The maximum atomic E-state index is 11.2. The monoisotopic (exact) mass is 249 g/mol. The highest BCUT2D eigenvalue weighted by Gasteiger charge is 2.16. The van der Waals surface area contributed by atoms with Crippen LogP contribution >= 0.6 is 10.7 Å². The lowest BCUT2D eigenvalue weighted by atomic mass is 10.2. The summed E-state index contributed by atoms with van der Waals surface area (Å²) in [5.74, 6) is -0.651. The smallest absolute Gasteiger partial charge is 0.339 e. The quantitative estimate of drug-likeness (QED) is 0.580. The van der Waals surface area contributed by atoms with Gasteiger partial charge in [0, 0.05) is 16.9 Å². The Labute approximate surface area is 91.5 Å². The van der Waals surface area contributed by atoms with E-state index < -0.39 is 15.0 Å². The first-order valence-corrected chi connectivity index (χ1v) is 6.17. The molecule has 0 bridgehead atoms. The molecule has 82 valence electrons. The SMILES string of the molecule is COC(=O)c1cc(S(=O)(=O)Cl)cnc1C. The molecule has 0 unspecified atom stereocenters. The molecule has 7 heteroatoms. The average molecular weight is 250 g/mol. The minimum absolute atomic E-state index is 0.0826. The second kappa shape index (κ2) is 4.16. The van der Waals surface area contributed by atoms with Gasteiger partial charge < -0.3 is 4.74 Å². The minimum atomic E-state index is -3.88. The van der Waals surface area contributed by atoms with Gasteiger partial charge in [-0.25, -0.2) is 13.2 Å². The van der Waals surface area contributed by atoms with E-state index in [9.17, 15) is 13.2 Å². The Bertz CT molecular complexity index is 497. The van der Waals surface area contributed by atoms with Crippen LogP contribution in [0, 0.1) is 6.92 Å². The van der Waals surface area contributed by atoms with Gasteiger partial charge in [-0.15, -0.1) is 0 Å². The van der Waals surface area contributed by atoms with Crippen molar-refractivity contribution >= 4 is 25.7 Å². The van der Waals surface area contributed by atoms with Gasteiger partial charge in [-0.05, 0) is 13.0 Å². The molecule has 1 heterocycles. The van der Waals surface area contributed by atoms with Gasteiger partial charge in [0.25, 0.3) is 9.05 Å². The van der Waals surface area contributed by atoms with Crippen molar-refractivity contribution in [1.82, 2.24) is 4.98 Å². The molecule has 0 spiro atoms. The third-order valence-corrected chi connectivity index (χ3v) is 3.07. The number of aryl methyl sites for hydroxylation is 1. The number of pyridine rings is 1. The summed E-state index contributed by atoms with van der Waals surface area (Å²) in [6.45, 7) is 1.57. The van der Waals surface area contributed by atoms with Crippen molar-refractivity contribution in [2.75, 3.05) is 7.11 Å². The summed E-state index contributed by atoms with van der Waals surface area (Å²) in [5.41, 5.74) is 0.463. The Morgan fingerprint density at radius 2 is 2.13 bits per heavy atom. The van der Waals surface area contributed by atoms with Crippen LogP contribution in [0.3, 0.4) is 0 Å². The second-order valence-electron chi connectivity index (χ2n) is 2.73. The lowest BCUT2D eigenvalue weighted by Gasteiger charge is -2.03. The predicted octanol–water partition coefficient (Wildman–Crippen LogP) is 1.10. The van der Waals surface area contributed by atoms with E-state index in [1.807, 2.05) is 0 Å². The number of aromatic nitrogens is 1. The van der Waals surface area contributed by atoms with Crippen LogP contribution in [0.1, 0.15) is 16.1 Å². The third-order valence-electron chi connectivity index (χ3n) is 1.75. The van der Waals surface area contributed by atoms with Gasteiger partial charge in [0.15, 0.2) is 0 Å². The fourth-order valence-corrected chi connectivity index (χ4v) is 1.65. The molecule has 0 N–H and O–H groups in total. The molecule has 15 heavy (non-hydrogen) atoms. The summed E-state index contributed by atoms with van der Waals surface area (Å²) in [5, 5.41) is 0. The second-order valence-corrected chi connectivity index (χ2v) is 5.30. The molecule has 0 aliphatic rings. The van der Waals surface area contributed by atoms with Gasteiger partial charge in [-0.1, -0.05) is 0 Å². The van der Waals surface area contributed by atoms with Gasteiger partial charge in [0.1, 0.15) is 4.90 Å². The molecule has 0 aromatic carbocycles. The molecular weight excluding hydrogens is 242 g/mol. The molecular formula is C8H8ClNO4S. The van der Waals surface area contributed by atoms with E-state index in [1.165, 1.54) is 7.11 Å². The zero-order chi connectivity index (χ0) is 11.6. The molecule has 0 saturated carbocycles. The molecule has 0 fully saturated rings. The van der Waals surface area contributed by atoms with Gasteiger partial charge in [-0.3, -0.25) is 4.98 Å². The first-order chi connectivity index (χ1) is 6.86. The van der Waals surface area contributed by atoms with Crippen LogP contribution in [-0.2, 0) is 13.8 Å². The summed E-state index contributed by atoms with van der Waals surface area (Å²) in [7, 11) is 2.43. The minimum Gasteiger partial charge on any atom is -0.465 e. The lowest BCUT2D eigenvalue weighted by Crippen LogP contribution is -2.07. The number of carbonyl (C=O) groups excluding carboxylic acids is 1. The Hall–Kier alpha value is -1.14. The Morgan fingerprint density at radius 1 is 1.53 bits per heavy atom. The van der Waals surface area contributed by atoms with Gasteiger partial charge in [-0.2, -0.15) is 0 Å². The number of rotatable bonds is 2. The molecule has 0 amide bonds. The van der Waals surface area contributed by atoms with Crippen LogP contribution < -0.4 is 0 Å². The Morgan fingerprint density at radius 3 is 2.60 bits per heavy atom. The number of esters is 1. The summed E-state index contributed by atoms with van der Waals surface area (Å²) in [4.78, 5) is 14.7. The number of halogens is 1. The predicted molar refractivity (Wildman–Crippen MR) is 53.4 cm³/mol. The van der Waals surface area contributed by atoms with Crippen molar-refractivity contribution in [1.29, 1.82) is 0 Å². The van der Waals surface area contributed by atoms with E-state index in [4.69, 9.17) is 10.7 Å². The first-order valence-electron chi connectivity index (χ1n) is 3.86. The van der Waals surface area contributed by atoms with Crippen LogP contribution in [0.25, 0.3) is 0 Å². The fraction of sp³-hybridized carbons (Fsp3) is 0.250. The highest BCUT2D eigenvalue weighted by Crippen LogP contribution is 2.17. The van der Waals surface area contributed by atoms with E-state index in [2.05, 4.69) is 9.72 Å². The highest BCUT2D eigenvalue weighted by atomic mass is 35.7. The molecule has 0 aliphatic heterocycles. The van der Waals surface area contributed by atoms with Crippen molar-refractivity contribution in [2.45, 2.75) is 11.8 Å². The maximum Gasteiger partial charge on any atom is 0.339 e. The van der Waals surface area contributed by atoms with E-state index in [0.717, 1.165) is 12.3 Å². The average Bonchev–Trinajstić information content (AvgIpc) is 2.15. The zero-order valence-corrected chi connectivity index (χ0v) is 9.59. The molecule has 0 atom stereocenters. The normalized spacial score (nSPS) is 11.1. The molecule has 0 saturated heterocycles. The van der Waals surface area contributed by atoms with Crippen LogP contribution in [0.2, 0.25) is 0 Å². The van der Waals surface area contributed by atoms with Crippen LogP contribution in [-0.4, -0.2) is 26.5 Å². The Balaban J connectivity index is 3.36. The highest BCUT2D eigenvalue weighted by molar-refractivity contribution is 8.13. The summed E-state index contributed by atoms with van der Waals surface area (Å²) < 4.78 is 26.4. The molecule has 0 aliphatic carbocycles. The zero-order valence-electron chi connectivity index (χ0n) is 8.02. The van der Waals surface area contributed by atoms with Gasteiger partial charge in [0.2, 0.25) is 0 Å². The van der Waals surface area contributed by atoms with Crippen molar-refractivity contribution in [2.24, 2.45) is 0 Å². The number of nitrogens with zero attached hydrogens (tertiary/aromatic N) is 1. The standard InChI is InChI=1S/C8H8ClNO4S/c1-5-7(8(11)14-2)3-6(4-10-5)15(9,12)13/h3-4H,1-2H3. The van der Waals surface area contributed by atoms with Crippen molar-refractivity contribution in [3.05, 3.63) is 23.5 Å². The fourth-order valence-electron chi connectivity index (χ4n) is 0.964. The van der Waals surface area contributed by atoms with E-state index in [0.29, 0.717) is 5.69 Å². The van der Waals surface area contributed by atoms with Gasteiger partial charge >= 0.3 is 5.97 Å². The van der Waals surface area contributed by atoms with E-state index >= 15 is 0 Å². The maximum absolute atomic E-state index is 11.2. The van der Waals surface area contributed by atoms with Crippen molar-refractivity contribution < 1.29 is 17.9 Å². The number of hydrogen-bond acceptors (Lipinski definition) is 5. The number of carbonyl (C=O) groups is 1. The Kier molecular flexibility index (Phi) is 3.31. The number of methoxy groups -OCH3 is 1. The summed E-state index contributed by atoms with van der Waals surface area (Å²) in [6.07, 6.45) is 1.09. The van der Waals surface area contributed by atoms with Gasteiger partial charge in [0.05, 0.1) is 18.4 Å². The molecule has 0 radical (unpaired) electrons. The topological polar surface area (TPSA) is 73.3 Å². The van der Waals surface area contributed by atoms with Crippen LogP contribution in [0.4, 0.5) is 0 Å². The summed E-state index contributed by atoms with van der Waals surface area (Å²) in [6, 6.07) is 1.14. The van der Waals surface area contributed by atoms with Crippen molar-refractivity contribution in [3.8, 4) is 0 Å². The molecule has 1 aromatic heterocycles. The van der Waals surface area contributed by atoms with Crippen LogP contribution in [0.15, 0.2) is 17.2 Å². The van der Waals surface area contributed by atoms with E-state index in [-0.39, 0.29) is 10.5 Å². The first kappa shape index (κ1) is 11.9. The molecule has 5 nitrogen and oxygen atoms in total. The van der Waals surface area contributed by atoms with Crippen LogP contribution in [0.5, 0.6) is 0 Å². The molecule has 1 aromatic rings. The number of hydrogen-bond donors (Lipinski definition) is 0. The number of ether oxygens (including phenoxy) is 1. The largest absolute Gasteiger partial charge is 0.465 e. The van der Waals surface area contributed by atoms with E-state index in [1.54, 1.807) is 6.92 Å².